The number of unbranched alkanes of at least 4 members (excludes halogenated alkanes) is 2. The minimum absolute atomic E-state index is 0.0401. The van der Waals surface area contributed by atoms with Gasteiger partial charge in [0.2, 0.25) is 0 Å². The summed E-state index contributed by atoms with van der Waals surface area (Å²) in [6.07, 6.45) is 5.12. The number of carbonyl (C=O) groups excluding carboxylic acids is 1. The lowest BCUT2D eigenvalue weighted by Crippen LogP contribution is -2.45. The van der Waals surface area contributed by atoms with Gasteiger partial charge in [0, 0.05) is 24.5 Å². The van der Waals surface area contributed by atoms with Gasteiger partial charge in [-0.1, -0.05) is 56.2 Å². The number of hydrogen-bond acceptors (Lipinski definition) is 3. The molecule has 0 saturated carbocycles. The van der Waals surface area contributed by atoms with Crippen LogP contribution in [0, 0.1) is 0 Å². The Morgan fingerprint density at radius 2 is 1.73 bits per heavy atom. The van der Waals surface area contributed by atoms with Gasteiger partial charge >= 0.3 is 0 Å². The molecule has 26 heavy (non-hydrogen) atoms. The van der Waals surface area contributed by atoms with E-state index in [2.05, 4.69) is 11.9 Å². The Balaban J connectivity index is 1.96. The molecule has 0 N–H and O–H groups in total. The van der Waals surface area contributed by atoms with E-state index in [1.165, 1.54) is 0 Å². The van der Waals surface area contributed by atoms with E-state index in [0.717, 1.165) is 42.4 Å². The third kappa shape index (κ3) is 4.09. The molecule has 2 aromatic carbocycles. The molecular formula is C22H25N3O. The van der Waals surface area contributed by atoms with Crippen LogP contribution in [0.25, 0.3) is 10.9 Å². The number of rotatable bonds is 7. The Kier molecular flexibility index (Phi) is 5.97. The van der Waals surface area contributed by atoms with Crippen molar-refractivity contribution in [3.8, 4) is 0 Å². The predicted molar refractivity (Wildman–Crippen MR) is 107 cm³/mol. The summed E-state index contributed by atoms with van der Waals surface area (Å²) in [6.45, 7) is 3.00. The highest BCUT2D eigenvalue weighted by Crippen LogP contribution is 2.23. The number of hydrazine groups is 1. The van der Waals surface area contributed by atoms with Gasteiger partial charge in [-0.25, -0.2) is 10.0 Å². The minimum atomic E-state index is -0.0401. The largest absolute Gasteiger partial charge is 0.272 e. The van der Waals surface area contributed by atoms with Crippen LogP contribution in [-0.4, -0.2) is 29.5 Å². The molecule has 1 aromatic heterocycles. The molecule has 3 aromatic rings. The molecule has 3 rings (SSSR count). The quantitative estimate of drug-likeness (QED) is 0.450. The Labute approximate surface area is 155 Å². The molecule has 1 amide bonds. The molecule has 0 fully saturated rings. The number of para-hydroxylation sites is 1. The van der Waals surface area contributed by atoms with E-state index in [0.29, 0.717) is 5.56 Å². The molecule has 0 aliphatic carbocycles. The molecule has 134 valence electrons. The highest BCUT2D eigenvalue weighted by atomic mass is 16.2. The van der Waals surface area contributed by atoms with E-state index < -0.39 is 0 Å². The van der Waals surface area contributed by atoms with E-state index in [4.69, 9.17) is 0 Å². The Hall–Kier alpha value is -2.72. The van der Waals surface area contributed by atoms with Gasteiger partial charge in [0.25, 0.3) is 5.91 Å². The summed E-state index contributed by atoms with van der Waals surface area (Å²) in [5, 5.41) is 4.76. The van der Waals surface area contributed by atoms with Crippen LogP contribution < -0.4 is 5.01 Å². The monoisotopic (exact) mass is 347 g/mol. The lowest BCUT2D eigenvalue weighted by Gasteiger charge is -2.32. The number of hydrogen-bond donors (Lipinski definition) is 0. The van der Waals surface area contributed by atoms with E-state index in [-0.39, 0.29) is 5.91 Å². The second-order valence-corrected chi connectivity index (χ2v) is 6.46. The number of nitrogens with zero attached hydrogens (tertiary/aromatic N) is 3. The van der Waals surface area contributed by atoms with Gasteiger partial charge in [-0.15, -0.1) is 0 Å². The van der Waals surface area contributed by atoms with Crippen molar-refractivity contribution in [3.05, 3.63) is 72.4 Å². The molecule has 4 heteroatoms. The molecule has 4 nitrogen and oxygen atoms in total. The third-order valence-corrected chi connectivity index (χ3v) is 4.46. The van der Waals surface area contributed by atoms with E-state index in [1.807, 2.05) is 72.7 Å². The maximum atomic E-state index is 13.2. The zero-order valence-corrected chi connectivity index (χ0v) is 15.4. The van der Waals surface area contributed by atoms with Crippen molar-refractivity contribution in [2.75, 3.05) is 18.6 Å². The summed E-state index contributed by atoms with van der Waals surface area (Å²) in [4.78, 5) is 17.7. The second kappa shape index (κ2) is 8.59. The van der Waals surface area contributed by atoms with Crippen molar-refractivity contribution in [1.29, 1.82) is 0 Å². The number of anilines is 1. The topological polar surface area (TPSA) is 36.4 Å². The maximum absolute atomic E-state index is 13.2. The fraction of sp³-hybridized carbons (Fsp3) is 0.273. The van der Waals surface area contributed by atoms with E-state index >= 15 is 0 Å². The molecule has 0 aliphatic heterocycles. The molecule has 0 aliphatic rings. The number of carbonyl (C=O) groups is 1. The summed E-state index contributed by atoms with van der Waals surface area (Å²) < 4.78 is 0. The van der Waals surface area contributed by atoms with Gasteiger partial charge in [-0.2, -0.15) is 0 Å². The summed E-state index contributed by atoms with van der Waals surface area (Å²) >= 11 is 0. The number of pyridine rings is 1. The van der Waals surface area contributed by atoms with Crippen LogP contribution in [0.4, 0.5) is 5.69 Å². The highest BCUT2D eigenvalue weighted by molar-refractivity contribution is 6.06. The average molecular weight is 347 g/mol. The van der Waals surface area contributed by atoms with Crippen LogP contribution in [0.3, 0.4) is 0 Å². The Bertz CT molecular complexity index is 863. The van der Waals surface area contributed by atoms with Crippen molar-refractivity contribution < 1.29 is 4.79 Å². The van der Waals surface area contributed by atoms with Crippen molar-refractivity contribution in [2.45, 2.75) is 26.2 Å². The van der Waals surface area contributed by atoms with Crippen LogP contribution in [0.15, 0.2) is 66.9 Å². The van der Waals surface area contributed by atoms with Gasteiger partial charge in [-0.05, 0) is 30.7 Å². The van der Waals surface area contributed by atoms with E-state index in [9.17, 15) is 4.79 Å². The number of aromatic nitrogens is 1. The lowest BCUT2D eigenvalue weighted by molar-refractivity contribution is 0.0913. The normalized spacial score (nSPS) is 11.0. The first-order chi connectivity index (χ1) is 12.7. The minimum Gasteiger partial charge on any atom is -0.267 e. The molecule has 0 bridgehead atoms. The summed E-state index contributed by atoms with van der Waals surface area (Å²) in [7, 11) is 1.96. The molecule has 0 radical (unpaired) electrons. The first kappa shape index (κ1) is 18.1. The third-order valence-electron chi connectivity index (χ3n) is 4.46. The Morgan fingerprint density at radius 3 is 2.50 bits per heavy atom. The van der Waals surface area contributed by atoms with Crippen LogP contribution in [0.5, 0.6) is 0 Å². The van der Waals surface area contributed by atoms with Gasteiger partial charge in [0.1, 0.15) is 0 Å². The molecule has 0 unspecified atom stereocenters. The SMILES string of the molecule is CCCCCN(C)N(C(=O)c1ccccc1)c1cnc2ccccc2c1. The summed E-state index contributed by atoms with van der Waals surface area (Å²) in [6, 6.07) is 19.4. The van der Waals surface area contributed by atoms with Crippen LogP contribution in [0.2, 0.25) is 0 Å². The molecular weight excluding hydrogens is 322 g/mol. The zero-order chi connectivity index (χ0) is 18.4. The number of benzene rings is 2. The van der Waals surface area contributed by atoms with Gasteiger partial charge < -0.3 is 0 Å². The van der Waals surface area contributed by atoms with Gasteiger partial charge in [0.15, 0.2) is 0 Å². The smallest absolute Gasteiger partial charge is 0.267 e. The predicted octanol–water partition coefficient (Wildman–Crippen LogP) is 4.92. The molecule has 0 atom stereocenters. The number of fused-ring (bicyclic) bond motifs is 1. The first-order valence-electron chi connectivity index (χ1n) is 9.16. The van der Waals surface area contributed by atoms with Crippen LogP contribution in [-0.2, 0) is 0 Å². The Morgan fingerprint density at radius 1 is 1.00 bits per heavy atom. The van der Waals surface area contributed by atoms with Gasteiger partial charge in [0.05, 0.1) is 17.4 Å². The molecule has 0 saturated heterocycles. The maximum Gasteiger partial charge on any atom is 0.272 e. The summed E-state index contributed by atoms with van der Waals surface area (Å²) in [5.74, 6) is -0.0401. The van der Waals surface area contributed by atoms with Crippen molar-refractivity contribution in [2.24, 2.45) is 0 Å². The standard InChI is InChI=1S/C22H25N3O/c1-3-4-10-15-24(2)25(22(26)18-11-6-5-7-12-18)20-16-19-13-8-9-14-21(19)23-17-20/h5-9,11-14,16-17H,3-4,10,15H2,1-2H3. The lowest BCUT2D eigenvalue weighted by atomic mass is 10.2. The summed E-state index contributed by atoms with van der Waals surface area (Å²) in [5.41, 5.74) is 2.39. The molecule has 0 spiro atoms. The fourth-order valence-electron chi connectivity index (χ4n) is 3.04. The van der Waals surface area contributed by atoms with Crippen LogP contribution in [0.1, 0.15) is 36.5 Å². The molecule has 1 heterocycles. The van der Waals surface area contributed by atoms with Crippen molar-refractivity contribution in [3.63, 3.8) is 0 Å². The zero-order valence-electron chi connectivity index (χ0n) is 15.4. The van der Waals surface area contributed by atoms with Crippen molar-refractivity contribution in [1.82, 2.24) is 9.99 Å². The number of amides is 1. The fourth-order valence-corrected chi connectivity index (χ4v) is 3.04. The highest BCUT2D eigenvalue weighted by Gasteiger charge is 2.22. The average Bonchev–Trinajstić information content (AvgIpc) is 2.69. The first-order valence-corrected chi connectivity index (χ1v) is 9.16. The van der Waals surface area contributed by atoms with Gasteiger partial charge in [-0.3, -0.25) is 9.78 Å². The second-order valence-electron chi connectivity index (χ2n) is 6.46. The van der Waals surface area contributed by atoms with Crippen molar-refractivity contribution >= 4 is 22.5 Å². The van der Waals surface area contributed by atoms with Crippen LogP contribution >= 0.6 is 0 Å². The van der Waals surface area contributed by atoms with E-state index in [1.54, 1.807) is 11.2 Å².